The molecule has 0 aromatic heterocycles. The van der Waals surface area contributed by atoms with Gasteiger partial charge in [-0.25, -0.2) is 0 Å². The van der Waals surface area contributed by atoms with Crippen LogP contribution in [0.5, 0.6) is 0 Å². The van der Waals surface area contributed by atoms with Gasteiger partial charge in [0.25, 0.3) is 5.69 Å². The number of carbonyl (C=O) groups is 2. The molecular formula is C19H25N3O4. The summed E-state index contributed by atoms with van der Waals surface area (Å²) in [6.07, 6.45) is 4.38. The number of benzene rings is 1. The van der Waals surface area contributed by atoms with Crippen LogP contribution in [0.1, 0.15) is 52.4 Å². The number of rotatable bonds is 4. The lowest BCUT2D eigenvalue weighted by Gasteiger charge is -2.35. The number of carbonyl (C=O) groups excluding carboxylic acids is 2. The smallest absolute Gasteiger partial charge is 0.294 e. The van der Waals surface area contributed by atoms with Crippen LogP contribution in [0.3, 0.4) is 0 Å². The average molecular weight is 359 g/mol. The summed E-state index contributed by atoms with van der Waals surface area (Å²) in [6, 6.07) is 4.75. The van der Waals surface area contributed by atoms with Gasteiger partial charge in [-0.1, -0.05) is 26.7 Å². The number of piperidine rings is 1. The van der Waals surface area contributed by atoms with Crippen LogP contribution in [0.15, 0.2) is 18.2 Å². The summed E-state index contributed by atoms with van der Waals surface area (Å²) in [5.74, 6) is 0.397. The predicted molar refractivity (Wildman–Crippen MR) is 99.0 cm³/mol. The van der Waals surface area contributed by atoms with Crippen molar-refractivity contribution < 1.29 is 14.5 Å². The van der Waals surface area contributed by atoms with E-state index >= 15 is 0 Å². The average Bonchev–Trinajstić information content (AvgIpc) is 2.59. The Labute approximate surface area is 152 Å². The molecule has 1 aliphatic carbocycles. The van der Waals surface area contributed by atoms with E-state index < -0.39 is 4.92 Å². The molecule has 1 N–H and O–H groups in total. The Bertz CT molecular complexity index is 717. The first-order valence-electron chi connectivity index (χ1n) is 9.29. The molecule has 2 aliphatic rings. The van der Waals surface area contributed by atoms with Crippen LogP contribution in [0.4, 0.5) is 17.1 Å². The van der Waals surface area contributed by atoms with Crippen molar-refractivity contribution in [2.75, 3.05) is 10.2 Å². The van der Waals surface area contributed by atoms with Gasteiger partial charge in [0.15, 0.2) is 0 Å². The zero-order valence-corrected chi connectivity index (χ0v) is 15.2. The second kappa shape index (κ2) is 7.43. The second-order valence-corrected chi connectivity index (χ2v) is 7.45. The molecule has 1 aliphatic heterocycles. The Morgan fingerprint density at radius 3 is 2.46 bits per heavy atom. The largest absolute Gasteiger partial charge is 0.376 e. The van der Waals surface area contributed by atoms with Crippen LogP contribution in [-0.4, -0.2) is 22.8 Å². The Balaban J connectivity index is 1.89. The number of amides is 2. The number of hydrogen-bond donors (Lipinski definition) is 1. The molecule has 1 aromatic carbocycles. The maximum absolute atomic E-state index is 12.1. The van der Waals surface area contributed by atoms with Crippen LogP contribution >= 0.6 is 0 Å². The van der Waals surface area contributed by atoms with Crippen LogP contribution < -0.4 is 10.2 Å². The molecule has 0 bridgehead atoms. The van der Waals surface area contributed by atoms with Crippen LogP contribution in [0, 0.1) is 22.0 Å². The maximum Gasteiger partial charge on any atom is 0.294 e. The third kappa shape index (κ3) is 3.57. The number of nitro benzene ring substituents is 1. The van der Waals surface area contributed by atoms with E-state index in [0.717, 1.165) is 17.7 Å². The normalized spacial score (nSPS) is 26.7. The molecule has 3 rings (SSSR count). The van der Waals surface area contributed by atoms with Gasteiger partial charge < -0.3 is 5.32 Å². The van der Waals surface area contributed by atoms with Gasteiger partial charge in [-0.3, -0.25) is 24.6 Å². The zero-order valence-electron chi connectivity index (χ0n) is 15.2. The van der Waals surface area contributed by atoms with E-state index in [4.69, 9.17) is 0 Å². The maximum atomic E-state index is 12.1. The molecule has 1 saturated heterocycles. The monoisotopic (exact) mass is 359 g/mol. The van der Waals surface area contributed by atoms with Crippen molar-refractivity contribution in [2.24, 2.45) is 11.8 Å². The number of anilines is 2. The summed E-state index contributed by atoms with van der Waals surface area (Å²) in [7, 11) is 0. The predicted octanol–water partition coefficient (Wildman–Crippen LogP) is 3.87. The van der Waals surface area contributed by atoms with Crippen molar-refractivity contribution in [1.29, 1.82) is 0 Å². The second-order valence-electron chi connectivity index (χ2n) is 7.45. The van der Waals surface area contributed by atoms with Crippen molar-refractivity contribution in [3.05, 3.63) is 28.3 Å². The summed E-state index contributed by atoms with van der Waals surface area (Å²) in [5, 5.41) is 14.9. The number of nitrogens with zero attached hydrogens (tertiary/aromatic N) is 2. The Morgan fingerprint density at radius 2 is 1.81 bits per heavy atom. The molecule has 7 heteroatoms. The number of nitro groups is 1. The van der Waals surface area contributed by atoms with Gasteiger partial charge in [-0.2, -0.15) is 0 Å². The standard InChI is InChI=1S/C19H25N3O4/c1-12-5-3-6-15(13(12)2)20-16-10-9-14(11-17(16)22(25)26)21-18(23)7-4-8-19(21)24/h9-13,15,20H,3-8H2,1-2H3/t12-,13+,15+/m1/s1. The molecule has 1 saturated carbocycles. The Hall–Kier alpha value is -2.44. The third-order valence-corrected chi connectivity index (χ3v) is 5.76. The van der Waals surface area contributed by atoms with Crippen molar-refractivity contribution in [2.45, 2.75) is 58.4 Å². The van der Waals surface area contributed by atoms with E-state index in [-0.39, 0.29) is 42.1 Å². The van der Waals surface area contributed by atoms with Gasteiger partial charge in [0.1, 0.15) is 5.69 Å². The fourth-order valence-electron chi connectivity index (χ4n) is 3.96. The highest BCUT2D eigenvalue weighted by Crippen LogP contribution is 2.36. The Morgan fingerprint density at radius 1 is 1.12 bits per heavy atom. The lowest BCUT2D eigenvalue weighted by molar-refractivity contribution is -0.383. The molecule has 2 fully saturated rings. The fourth-order valence-corrected chi connectivity index (χ4v) is 3.96. The van der Waals surface area contributed by atoms with Crippen LogP contribution in [-0.2, 0) is 9.59 Å². The van der Waals surface area contributed by atoms with E-state index in [2.05, 4.69) is 19.2 Å². The lowest BCUT2D eigenvalue weighted by atomic mass is 9.78. The topological polar surface area (TPSA) is 92.6 Å². The summed E-state index contributed by atoms with van der Waals surface area (Å²) >= 11 is 0. The third-order valence-electron chi connectivity index (χ3n) is 5.76. The van der Waals surface area contributed by atoms with Gasteiger partial charge in [-0.05, 0) is 36.8 Å². The summed E-state index contributed by atoms with van der Waals surface area (Å²) < 4.78 is 0. The van der Waals surface area contributed by atoms with Crippen molar-refractivity contribution in [3.8, 4) is 0 Å². The van der Waals surface area contributed by atoms with Gasteiger partial charge >= 0.3 is 0 Å². The van der Waals surface area contributed by atoms with Crippen molar-refractivity contribution >= 4 is 28.9 Å². The first-order valence-corrected chi connectivity index (χ1v) is 9.29. The first-order chi connectivity index (χ1) is 12.4. The molecule has 2 amide bonds. The van der Waals surface area contributed by atoms with Crippen LogP contribution in [0.2, 0.25) is 0 Å². The molecule has 140 valence electrons. The van der Waals surface area contributed by atoms with E-state index in [1.54, 1.807) is 12.1 Å². The summed E-state index contributed by atoms with van der Waals surface area (Å²) in [5.41, 5.74) is 0.628. The molecule has 0 radical (unpaired) electrons. The van der Waals surface area contributed by atoms with E-state index in [1.807, 2.05) is 0 Å². The highest BCUT2D eigenvalue weighted by atomic mass is 16.6. The fraction of sp³-hybridized carbons (Fsp3) is 0.579. The minimum absolute atomic E-state index is 0.0981. The molecular weight excluding hydrogens is 334 g/mol. The minimum Gasteiger partial charge on any atom is -0.376 e. The van der Waals surface area contributed by atoms with E-state index in [1.165, 1.54) is 12.5 Å². The molecule has 0 spiro atoms. The summed E-state index contributed by atoms with van der Waals surface area (Å²) in [6.45, 7) is 4.39. The zero-order chi connectivity index (χ0) is 18.8. The lowest BCUT2D eigenvalue weighted by Crippen LogP contribution is -2.40. The molecule has 26 heavy (non-hydrogen) atoms. The molecule has 1 aromatic rings. The van der Waals surface area contributed by atoms with Crippen molar-refractivity contribution in [3.63, 3.8) is 0 Å². The minimum atomic E-state index is -0.457. The SMILES string of the molecule is C[C@H]1[C@H](C)CCC[C@@H]1Nc1ccc(N2C(=O)CCCC2=O)cc1[N+](=O)[O-]. The number of hydrogen-bond acceptors (Lipinski definition) is 5. The van der Waals surface area contributed by atoms with Crippen LogP contribution in [0.25, 0.3) is 0 Å². The number of nitrogens with one attached hydrogen (secondary N) is 1. The van der Waals surface area contributed by atoms with Crippen molar-refractivity contribution in [1.82, 2.24) is 0 Å². The van der Waals surface area contributed by atoms with Gasteiger partial charge in [0, 0.05) is 24.9 Å². The molecule has 3 atom stereocenters. The van der Waals surface area contributed by atoms with Gasteiger partial charge in [0.05, 0.1) is 10.6 Å². The molecule has 1 heterocycles. The highest BCUT2D eigenvalue weighted by Gasteiger charge is 2.31. The highest BCUT2D eigenvalue weighted by molar-refractivity contribution is 6.16. The Kier molecular flexibility index (Phi) is 5.25. The van der Waals surface area contributed by atoms with E-state index in [9.17, 15) is 19.7 Å². The number of imide groups is 1. The van der Waals surface area contributed by atoms with Gasteiger partial charge in [-0.15, -0.1) is 0 Å². The molecule has 0 unspecified atom stereocenters. The quantitative estimate of drug-likeness (QED) is 0.500. The molecule has 7 nitrogen and oxygen atoms in total. The van der Waals surface area contributed by atoms with E-state index in [0.29, 0.717) is 23.9 Å². The summed E-state index contributed by atoms with van der Waals surface area (Å²) in [4.78, 5) is 36.4. The van der Waals surface area contributed by atoms with Gasteiger partial charge in [0.2, 0.25) is 11.8 Å². The first kappa shape index (κ1) is 18.4.